The Bertz CT molecular complexity index is 590. The van der Waals surface area contributed by atoms with Crippen molar-refractivity contribution in [2.75, 3.05) is 39.6 Å². The highest BCUT2D eigenvalue weighted by Crippen LogP contribution is 2.33. The van der Waals surface area contributed by atoms with Crippen molar-refractivity contribution >= 4 is 5.91 Å². The summed E-state index contributed by atoms with van der Waals surface area (Å²) < 4.78 is 10.7. The average molecular weight is 334 g/mol. The summed E-state index contributed by atoms with van der Waals surface area (Å²) in [5, 5.41) is 9.36. The third-order valence-electron chi connectivity index (χ3n) is 4.57. The van der Waals surface area contributed by atoms with Crippen LogP contribution in [0.2, 0.25) is 0 Å². The number of hydrogen-bond donors (Lipinski definition) is 1. The molecule has 0 radical (unpaired) electrons. The van der Waals surface area contributed by atoms with E-state index in [1.165, 1.54) is 0 Å². The van der Waals surface area contributed by atoms with Crippen LogP contribution in [0.5, 0.6) is 11.5 Å². The number of benzene rings is 1. The summed E-state index contributed by atoms with van der Waals surface area (Å²) in [6.45, 7) is 7.95. The third-order valence-corrected chi connectivity index (χ3v) is 4.57. The summed E-state index contributed by atoms with van der Waals surface area (Å²) >= 11 is 0. The SMILES string of the molecule is CC(C)CN1CCN(C(=O)c2ccc3c(c2)OCO3)CC1CCO. The molecule has 0 bridgehead atoms. The predicted octanol–water partition coefficient (Wildman–Crippen LogP) is 1.58. The molecule has 1 saturated heterocycles. The molecule has 6 heteroatoms. The minimum Gasteiger partial charge on any atom is -0.454 e. The lowest BCUT2D eigenvalue weighted by Gasteiger charge is -2.42. The minimum atomic E-state index is 0.0143. The van der Waals surface area contributed by atoms with Crippen molar-refractivity contribution < 1.29 is 19.4 Å². The Balaban J connectivity index is 1.69. The molecule has 6 nitrogen and oxygen atoms in total. The fourth-order valence-corrected chi connectivity index (χ4v) is 3.42. The Morgan fingerprint density at radius 1 is 1.29 bits per heavy atom. The van der Waals surface area contributed by atoms with Crippen LogP contribution in [-0.2, 0) is 0 Å². The number of hydrogen-bond acceptors (Lipinski definition) is 5. The monoisotopic (exact) mass is 334 g/mol. The van der Waals surface area contributed by atoms with Crippen molar-refractivity contribution in [3.8, 4) is 11.5 Å². The van der Waals surface area contributed by atoms with E-state index in [1.807, 2.05) is 4.90 Å². The summed E-state index contributed by atoms with van der Waals surface area (Å²) in [6, 6.07) is 5.54. The van der Waals surface area contributed by atoms with Crippen molar-refractivity contribution in [2.24, 2.45) is 5.92 Å². The standard InChI is InChI=1S/C18H26N2O4/c1-13(2)10-19-6-7-20(11-15(19)5-8-21)18(22)14-3-4-16-17(9-14)24-12-23-16/h3-4,9,13,15,21H,5-8,10-12H2,1-2H3. The molecule has 2 aliphatic rings. The van der Waals surface area contributed by atoms with Gasteiger partial charge in [0.05, 0.1) is 0 Å². The number of carbonyl (C=O) groups is 1. The van der Waals surface area contributed by atoms with Gasteiger partial charge < -0.3 is 19.5 Å². The van der Waals surface area contributed by atoms with E-state index in [1.54, 1.807) is 18.2 Å². The first-order chi connectivity index (χ1) is 11.6. The van der Waals surface area contributed by atoms with Crippen LogP contribution in [0.25, 0.3) is 0 Å². The van der Waals surface area contributed by atoms with Gasteiger partial charge in [-0.3, -0.25) is 9.69 Å². The zero-order valence-electron chi connectivity index (χ0n) is 14.4. The summed E-state index contributed by atoms with van der Waals surface area (Å²) in [4.78, 5) is 17.1. The number of carbonyl (C=O) groups excluding carboxylic acids is 1. The van der Waals surface area contributed by atoms with Gasteiger partial charge in [0.15, 0.2) is 11.5 Å². The fraction of sp³-hybridized carbons (Fsp3) is 0.611. The highest BCUT2D eigenvalue weighted by molar-refractivity contribution is 5.95. The van der Waals surface area contributed by atoms with Gasteiger partial charge in [0.25, 0.3) is 5.91 Å². The van der Waals surface area contributed by atoms with Gasteiger partial charge in [-0.15, -0.1) is 0 Å². The Labute approximate surface area is 143 Å². The number of fused-ring (bicyclic) bond motifs is 1. The van der Waals surface area contributed by atoms with E-state index in [0.29, 0.717) is 42.5 Å². The van der Waals surface area contributed by atoms with E-state index in [9.17, 15) is 9.90 Å². The zero-order chi connectivity index (χ0) is 17.1. The maximum atomic E-state index is 12.8. The van der Waals surface area contributed by atoms with Gasteiger partial charge in [0.1, 0.15) is 0 Å². The Morgan fingerprint density at radius 3 is 2.83 bits per heavy atom. The molecule has 0 spiro atoms. The van der Waals surface area contributed by atoms with E-state index in [0.717, 1.165) is 13.1 Å². The van der Waals surface area contributed by atoms with Crippen molar-refractivity contribution in [1.82, 2.24) is 9.80 Å². The van der Waals surface area contributed by atoms with Crippen LogP contribution < -0.4 is 9.47 Å². The smallest absolute Gasteiger partial charge is 0.254 e. The average Bonchev–Trinajstić information content (AvgIpc) is 3.03. The molecular formula is C18H26N2O4. The van der Waals surface area contributed by atoms with Gasteiger partial charge in [-0.1, -0.05) is 13.8 Å². The van der Waals surface area contributed by atoms with Crippen LogP contribution in [0.1, 0.15) is 30.6 Å². The third kappa shape index (κ3) is 3.65. The quantitative estimate of drug-likeness (QED) is 0.886. The molecule has 1 aromatic carbocycles. The molecule has 0 aromatic heterocycles. The number of rotatable bonds is 5. The van der Waals surface area contributed by atoms with Crippen LogP contribution >= 0.6 is 0 Å². The minimum absolute atomic E-state index is 0.0143. The maximum Gasteiger partial charge on any atom is 0.254 e. The number of nitrogens with zero attached hydrogens (tertiary/aromatic N) is 2. The molecule has 1 atom stereocenters. The molecule has 1 fully saturated rings. The topological polar surface area (TPSA) is 62.2 Å². The molecule has 0 saturated carbocycles. The Kier molecular flexibility index (Phi) is 5.26. The Morgan fingerprint density at radius 2 is 2.08 bits per heavy atom. The normalized spacial score (nSPS) is 20.7. The number of ether oxygens (including phenoxy) is 2. The molecule has 1 N–H and O–H groups in total. The van der Waals surface area contributed by atoms with Gasteiger partial charge >= 0.3 is 0 Å². The van der Waals surface area contributed by atoms with E-state index in [2.05, 4.69) is 18.7 Å². The van der Waals surface area contributed by atoms with Gasteiger partial charge in [0, 0.05) is 44.4 Å². The second kappa shape index (κ2) is 7.40. The van der Waals surface area contributed by atoms with Crippen LogP contribution in [0.4, 0.5) is 0 Å². The fourth-order valence-electron chi connectivity index (χ4n) is 3.42. The summed E-state index contributed by atoms with van der Waals surface area (Å²) in [7, 11) is 0. The molecule has 1 aromatic rings. The molecule has 3 rings (SSSR count). The van der Waals surface area contributed by atoms with E-state index in [4.69, 9.17) is 9.47 Å². The molecule has 2 aliphatic heterocycles. The van der Waals surface area contributed by atoms with Crippen LogP contribution in [0.15, 0.2) is 18.2 Å². The molecule has 132 valence electrons. The molecule has 1 unspecified atom stereocenters. The predicted molar refractivity (Wildman–Crippen MR) is 90.4 cm³/mol. The maximum absolute atomic E-state index is 12.8. The van der Waals surface area contributed by atoms with Crippen molar-refractivity contribution in [3.05, 3.63) is 23.8 Å². The number of aliphatic hydroxyl groups is 1. The molecular weight excluding hydrogens is 308 g/mol. The molecule has 0 aliphatic carbocycles. The summed E-state index contributed by atoms with van der Waals surface area (Å²) in [5.74, 6) is 1.90. The van der Waals surface area contributed by atoms with Gasteiger partial charge in [-0.05, 0) is 30.5 Å². The highest BCUT2D eigenvalue weighted by atomic mass is 16.7. The molecule has 24 heavy (non-hydrogen) atoms. The van der Waals surface area contributed by atoms with Gasteiger partial charge in [-0.2, -0.15) is 0 Å². The Hall–Kier alpha value is -1.79. The van der Waals surface area contributed by atoms with Crippen LogP contribution in [-0.4, -0.2) is 66.4 Å². The highest BCUT2D eigenvalue weighted by Gasteiger charge is 2.30. The zero-order valence-corrected chi connectivity index (χ0v) is 14.4. The van der Waals surface area contributed by atoms with Crippen LogP contribution in [0, 0.1) is 5.92 Å². The first-order valence-corrected chi connectivity index (χ1v) is 8.62. The summed E-state index contributed by atoms with van der Waals surface area (Å²) in [5.41, 5.74) is 0.624. The number of amides is 1. The van der Waals surface area contributed by atoms with Crippen molar-refractivity contribution in [3.63, 3.8) is 0 Å². The molecule has 1 amide bonds. The van der Waals surface area contributed by atoms with Gasteiger partial charge in [-0.25, -0.2) is 0 Å². The van der Waals surface area contributed by atoms with Crippen molar-refractivity contribution in [2.45, 2.75) is 26.3 Å². The van der Waals surface area contributed by atoms with Gasteiger partial charge in [0.2, 0.25) is 6.79 Å². The van der Waals surface area contributed by atoms with E-state index < -0.39 is 0 Å². The van der Waals surface area contributed by atoms with Crippen molar-refractivity contribution in [1.29, 1.82) is 0 Å². The first-order valence-electron chi connectivity index (χ1n) is 8.62. The number of piperazine rings is 1. The summed E-state index contributed by atoms with van der Waals surface area (Å²) in [6.07, 6.45) is 0.692. The lowest BCUT2D eigenvalue weighted by atomic mass is 10.0. The lowest BCUT2D eigenvalue weighted by Crippen LogP contribution is -2.55. The second-order valence-corrected chi connectivity index (χ2v) is 6.87. The largest absolute Gasteiger partial charge is 0.454 e. The van der Waals surface area contributed by atoms with E-state index >= 15 is 0 Å². The molecule has 2 heterocycles. The lowest BCUT2D eigenvalue weighted by molar-refractivity contribution is 0.0384. The first kappa shape index (κ1) is 17.0. The van der Waals surface area contributed by atoms with Crippen LogP contribution in [0.3, 0.4) is 0 Å². The second-order valence-electron chi connectivity index (χ2n) is 6.87. The van der Waals surface area contributed by atoms with E-state index in [-0.39, 0.29) is 25.3 Å². The number of aliphatic hydroxyl groups excluding tert-OH is 1.